The van der Waals surface area contributed by atoms with Gasteiger partial charge in [0.15, 0.2) is 0 Å². The van der Waals surface area contributed by atoms with Crippen LogP contribution in [-0.2, 0) is 65.6 Å². The van der Waals surface area contributed by atoms with Crippen molar-refractivity contribution in [3.63, 3.8) is 0 Å². The number of hydrogen-bond donors (Lipinski definition) is 13. The van der Waals surface area contributed by atoms with E-state index in [1.165, 1.54) is 24.3 Å². The number of phenols is 1. The van der Waals surface area contributed by atoms with Gasteiger partial charge < -0.3 is 74.5 Å². The van der Waals surface area contributed by atoms with Crippen LogP contribution in [0.1, 0.15) is 69.9 Å². The van der Waals surface area contributed by atoms with Crippen LogP contribution in [0, 0.1) is 5.92 Å². The second-order valence-electron chi connectivity index (χ2n) is 18.2. The second-order valence-corrected chi connectivity index (χ2v) is 18.2. The minimum Gasteiger partial charge on any atom is -0.508 e. The summed E-state index contributed by atoms with van der Waals surface area (Å²) in [6.45, 7) is 2.47. The van der Waals surface area contributed by atoms with Gasteiger partial charge in [-0.1, -0.05) is 44.2 Å². The zero-order valence-electron chi connectivity index (χ0n) is 39.7. The molecule has 5 rings (SSSR count). The summed E-state index contributed by atoms with van der Waals surface area (Å²) in [6, 6.07) is 1.32. The standard InChI is InChI=1S/C47H62N12O13/c1-23(2)16-31(54-41(66)29-13-14-39(64)52-29)42(67)56-33(19-37(48)62)45(70)55-32(17-24-9-11-26(61)12-10-24)43(68)58-35(22-60)47(72)59-15-5-8-36(59)46(71)57-34(20-38(49)63)44(69)53-30(40(50)65)18-25-21-51-28-7-4-3-6-27(25)28/h3-4,6-7,9-12,21,23,29-36,51,60-61H,5,8,13-20,22H2,1-2H3,(H2,48,62)(H2,49,63)(H2,50,65)(H,52,64)(H,53,69)(H,54,66)(H,55,70)(H,56,67)(H,57,71)(H,58,68)/t29-,30-,31-,32-,33-,34-,35-,36-/m0/s1. The lowest BCUT2D eigenvalue weighted by Crippen LogP contribution is -2.61. The number of H-pyrrole nitrogens is 1. The number of hydrogen-bond acceptors (Lipinski definition) is 13. The van der Waals surface area contributed by atoms with E-state index in [9.17, 15) is 63.0 Å². The first kappa shape index (κ1) is 54.8. The molecule has 2 saturated heterocycles. The smallest absolute Gasteiger partial charge is 0.248 e. The number of phenolic OH excluding ortho intramolecular Hbond substituents is 1. The molecule has 2 aliphatic rings. The van der Waals surface area contributed by atoms with E-state index in [4.69, 9.17) is 17.2 Å². The normalized spacial score (nSPS) is 17.8. The molecule has 3 aromatic rings. The van der Waals surface area contributed by atoms with E-state index in [0.717, 1.165) is 15.8 Å². The van der Waals surface area contributed by atoms with Gasteiger partial charge in [0.05, 0.1) is 19.4 Å². The van der Waals surface area contributed by atoms with Crippen LogP contribution in [0.4, 0.5) is 0 Å². The highest BCUT2D eigenvalue weighted by molar-refractivity contribution is 6.00. The molecule has 1 aromatic heterocycles. The van der Waals surface area contributed by atoms with E-state index in [1.54, 1.807) is 38.2 Å². The molecule has 2 aliphatic heterocycles. The van der Waals surface area contributed by atoms with Crippen LogP contribution in [0.2, 0.25) is 0 Å². The highest BCUT2D eigenvalue weighted by Gasteiger charge is 2.41. The molecule has 0 saturated carbocycles. The molecule has 25 heteroatoms. The number of aliphatic hydroxyl groups excluding tert-OH is 1. The average molecular weight is 1000 g/mol. The fourth-order valence-corrected chi connectivity index (χ4v) is 8.47. The van der Waals surface area contributed by atoms with Gasteiger partial charge in [0, 0.05) is 42.9 Å². The van der Waals surface area contributed by atoms with E-state index in [2.05, 4.69) is 42.2 Å². The molecule has 0 spiro atoms. The van der Waals surface area contributed by atoms with Crippen LogP contribution in [0.25, 0.3) is 10.9 Å². The maximum absolute atomic E-state index is 14.1. The second kappa shape index (κ2) is 25.2. The number of aromatic nitrogens is 1. The number of benzene rings is 2. The van der Waals surface area contributed by atoms with Crippen LogP contribution in [0.15, 0.2) is 54.7 Å². The van der Waals surface area contributed by atoms with Crippen LogP contribution >= 0.6 is 0 Å². The van der Waals surface area contributed by atoms with Gasteiger partial charge in [-0.15, -0.1) is 0 Å². The molecule has 0 unspecified atom stereocenters. The third-order valence-electron chi connectivity index (χ3n) is 12.1. The molecule has 72 heavy (non-hydrogen) atoms. The Kier molecular flexibility index (Phi) is 19.2. The van der Waals surface area contributed by atoms with Crippen LogP contribution in [0.5, 0.6) is 5.75 Å². The largest absolute Gasteiger partial charge is 0.508 e. The monoisotopic (exact) mass is 1000 g/mol. The van der Waals surface area contributed by atoms with Gasteiger partial charge in [-0.05, 0) is 60.9 Å². The molecule has 3 heterocycles. The van der Waals surface area contributed by atoms with Crippen molar-refractivity contribution >= 4 is 75.9 Å². The van der Waals surface area contributed by atoms with E-state index in [1.807, 2.05) is 6.07 Å². The summed E-state index contributed by atoms with van der Waals surface area (Å²) in [5.74, 6) is -10.0. The molecule has 0 aliphatic carbocycles. The molecular weight excluding hydrogens is 941 g/mol. The third-order valence-corrected chi connectivity index (χ3v) is 12.1. The quantitative estimate of drug-likeness (QED) is 0.0387. The van der Waals surface area contributed by atoms with E-state index < -0.39 is 127 Å². The Hall–Kier alpha value is -8.09. The molecular formula is C47H62N12O13. The number of likely N-dealkylation sites (tertiary alicyclic amines) is 1. The maximum Gasteiger partial charge on any atom is 0.248 e. The number of nitrogens with zero attached hydrogens (tertiary/aromatic N) is 1. The number of nitrogens with two attached hydrogens (primary N) is 3. The van der Waals surface area contributed by atoms with Crippen molar-refractivity contribution in [3.05, 3.63) is 65.9 Å². The summed E-state index contributed by atoms with van der Waals surface area (Å²) in [7, 11) is 0. The van der Waals surface area contributed by atoms with Crippen LogP contribution in [0.3, 0.4) is 0 Å². The van der Waals surface area contributed by atoms with E-state index in [0.29, 0.717) is 11.1 Å². The summed E-state index contributed by atoms with van der Waals surface area (Å²) >= 11 is 0. The first-order valence-corrected chi connectivity index (χ1v) is 23.4. The molecule has 11 amide bonds. The third kappa shape index (κ3) is 15.2. The lowest BCUT2D eigenvalue weighted by molar-refractivity contribution is -0.143. The van der Waals surface area contributed by atoms with Gasteiger partial charge in [0.25, 0.3) is 0 Å². The Labute approximate surface area is 412 Å². The zero-order valence-corrected chi connectivity index (χ0v) is 39.7. The topological polar surface area (TPSA) is 410 Å². The lowest BCUT2D eigenvalue weighted by atomic mass is 10.0. The molecule has 0 radical (unpaired) electrons. The van der Waals surface area contributed by atoms with Crippen molar-refractivity contribution in [1.29, 1.82) is 0 Å². The van der Waals surface area contributed by atoms with Gasteiger partial charge in [-0.25, -0.2) is 0 Å². The number of nitrogens with one attached hydrogen (secondary N) is 8. The Bertz CT molecular complexity index is 2530. The Morgan fingerprint density at radius 3 is 1.86 bits per heavy atom. The molecule has 2 fully saturated rings. The molecule has 2 aromatic carbocycles. The van der Waals surface area contributed by atoms with Gasteiger partial charge in [0.2, 0.25) is 65.0 Å². The summed E-state index contributed by atoms with van der Waals surface area (Å²) in [4.78, 5) is 149. The van der Waals surface area contributed by atoms with Gasteiger partial charge in [-0.3, -0.25) is 52.7 Å². The SMILES string of the molecule is CC(C)C[C@H](NC(=O)[C@@H]1CCC(=O)N1)C(=O)N[C@@H](CC(N)=O)C(=O)N[C@@H](Cc1ccc(O)cc1)C(=O)N[C@@H](CO)C(=O)N1CCC[C@H]1C(=O)N[C@@H](CC(N)=O)C(=O)N[C@@H](Cc1c[nH]c2ccccc12)C(N)=O. The van der Waals surface area contributed by atoms with E-state index >= 15 is 0 Å². The summed E-state index contributed by atoms with van der Waals surface area (Å²) in [6.07, 6.45) is 0.513. The van der Waals surface area contributed by atoms with Crippen molar-refractivity contribution in [2.24, 2.45) is 23.1 Å². The average Bonchev–Trinajstić information content (AvgIpc) is 4.10. The van der Waals surface area contributed by atoms with Gasteiger partial charge in [-0.2, -0.15) is 0 Å². The fraction of sp³-hybridized carbons (Fsp3) is 0.468. The predicted octanol–water partition coefficient (Wildman–Crippen LogP) is -3.89. The first-order valence-electron chi connectivity index (χ1n) is 23.4. The van der Waals surface area contributed by atoms with Gasteiger partial charge >= 0.3 is 0 Å². The lowest BCUT2D eigenvalue weighted by Gasteiger charge is -2.30. The number of fused-ring (bicyclic) bond motifs is 1. The highest BCUT2D eigenvalue weighted by Crippen LogP contribution is 2.21. The number of aromatic hydroxyl groups is 1. The number of carbonyl (C=O) groups excluding carboxylic acids is 11. The predicted molar refractivity (Wildman–Crippen MR) is 255 cm³/mol. The van der Waals surface area contributed by atoms with E-state index in [-0.39, 0.29) is 69.1 Å². The summed E-state index contributed by atoms with van der Waals surface area (Å²) in [5.41, 5.74) is 18.3. The van der Waals surface area contributed by atoms with Crippen LogP contribution < -0.4 is 54.4 Å². The first-order chi connectivity index (χ1) is 34.1. The minimum absolute atomic E-state index is 0.0460. The summed E-state index contributed by atoms with van der Waals surface area (Å²) < 4.78 is 0. The minimum atomic E-state index is -1.73. The number of aliphatic hydroxyl groups is 1. The van der Waals surface area contributed by atoms with Crippen molar-refractivity contribution in [3.8, 4) is 5.75 Å². The molecule has 25 nitrogen and oxygen atoms in total. The van der Waals surface area contributed by atoms with Crippen molar-refractivity contribution in [2.75, 3.05) is 13.2 Å². The number of rotatable bonds is 25. The maximum atomic E-state index is 14.1. The number of amides is 11. The molecule has 0 bridgehead atoms. The highest BCUT2D eigenvalue weighted by atomic mass is 16.3. The number of para-hydroxylation sites is 1. The zero-order chi connectivity index (χ0) is 52.8. The fourth-order valence-electron chi connectivity index (χ4n) is 8.47. The van der Waals surface area contributed by atoms with Crippen LogP contribution in [-0.4, -0.2) is 147 Å². The Morgan fingerprint density at radius 1 is 0.694 bits per heavy atom. The number of aromatic amines is 1. The Balaban J connectivity index is 1.29. The molecule has 8 atom stereocenters. The molecule has 388 valence electrons. The van der Waals surface area contributed by atoms with Crippen molar-refractivity contribution in [1.82, 2.24) is 47.1 Å². The van der Waals surface area contributed by atoms with Crippen molar-refractivity contribution in [2.45, 2.75) is 120 Å². The summed E-state index contributed by atoms with van der Waals surface area (Å²) in [5, 5.41) is 38.4. The van der Waals surface area contributed by atoms with Crippen molar-refractivity contribution < 1.29 is 63.0 Å². The Morgan fingerprint density at radius 2 is 1.26 bits per heavy atom. The van der Waals surface area contributed by atoms with Gasteiger partial charge in [0.1, 0.15) is 54.1 Å². The number of carbonyl (C=O) groups is 11. The molecule has 16 N–H and O–H groups in total. The number of primary amides is 3.